The topological polar surface area (TPSA) is 57.0 Å². The van der Waals surface area contributed by atoms with Crippen LogP contribution in [0.15, 0.2) is 42.5 Å². The van der Waals surface area contributed by atoms with Crippen LogP contribution in [-0.4, -0.2) is 22.8 Å². The van der Waals surface area contributed by atoms with E-state index in [1.165, 1.54) is 0 Å². The van der Waals surface area contributed by atoms with E-state index < -0.39 is 0 Å². The van der Waals surface area contributed by atoms with Crippen molar-refractivity contribution in [3.8, 4) is 6.07 Å². The zero-order chi connectivity index (χ0) is 14.5. The molecule has 0 unspecified atom stereocenters. The molecule has 1 aromatic carbocycles. The van der Waals surface area contributed by atoms with E-state index in [1.54, 1.807) is 30.1 Å². The van der Waals surface area contributed by atoms with Crippen molar-refractivity contribution in [1.29, 1.82) is 5.26 Å². The van der Waals surface area contributed by atoms with Gasteiger partial charge in [-0.15, -0.1) is 0 Å². The highest BCUT2D eigenvalue weighted by atomic mass is 16.2. The second-order valence-electron chi connectivity index (χ2n) is 4.63. The van der Waals surface area contributed by atoms with Gasteiger partial charge in [0.2, 0.25) is 0 Å². The van der Waals surface area contributed by atoms with E-state index in [1.807, 2.05) is 31.2 Å². The van der Waals surface area contributed by atoms with Crippen molar-refractivity contribution >= 4 is 5.91 Å². The van der Waals surface area contributed by atoms with Crippen LogP contribution in [0.2, 0.25) is 0 Å². The fraction of sp³-hybridized carbons (Fsp3) is 0.188. The van der Waals surface area contributed by atoms with E-state index in [0.717, 1.165) is 11.3 Å². The van der Waals surface area contributed by atoms with Gasteiger partial charge in [-0.25, -0.2) is 4.98 Å². The summed E-state index contributed by atoms with van der Waals surface area (Å²) in [6, 6.07) is 14.7. The number of pyridine rings is 1. The summed E-state index contributed by atoms with van der Waals surface area (Å²) in [6.07, 6.45) is 0. The SMILES string of the molecule is Cc1cccc(C(=O)N(C)Cc2ccc(C#N)cc2)n1. The Morgan fingerprint density at radius 3 is 2.55 bits per heavy atom. The lowest BCUT2D eigenvalue weighted by Crippen LogP contribution is -2.27. The van der Waals surface area contributed by atoms with Crippen LogP contribution >= 0.6 is 0 Å². The summed E-state index contributed by atoms with van der Waals surface area (Å²) in [5, 5.41) is 8.75. The summed E-state index contributed by atoms with van der Waals surface area (Å²) in [4.78, 5) is 18.1. The molecular weight excluding hydrogens is 250 g/mol. The predicted molar refractivity (Wildman–Crippen MR) is 75.9 cm³/mol. The van der Waals surface area contributed by atoms with Gasteiger partial charge in [0, 0.05) is 19.3 Å². The normalized spacial score (nSPS) is 9.85. The molecule has 0 saturated carbocycles. The fourth-order valence-electron chi connectivity index (χ4n) is 1.89. The van der Waals surface area contributed by atoms with Crippen molar-refractivity contribution in [1.82, 2.24) is 9.88 Å². The first-order chi connectivity index (χ1) is 9.60. The van der Waals surface area contributed by atoms with Crippen molar-refractivity contribution in [2.75, 3.05) is 7.05 Å². The second kappa shape index (κ2) is 5.98. The monoisotopic (exact) mass is 265 g/mol. The average molecular weight is 265 g/mol. The summed E-state index contributed by atoms with van der Waals surface area (Å²) in [6.45, 7) is 2.34. The highest BCUT2D eigenvalue weighted by molar-refractivity contribution is 5.92. The molecule has 4 nitrogen and oxygen atoms in total. The summed E-state index contributed by atoms with van der Waals surface area (Å²) >= 11 is 0. The Morgan fingerprint density at radius 1 is 1.25 bits per heavy atom. The van der Waals surface area contributed by atoms with Gasteiger partial charge < -0.3 is 4.90 Å². The molecule has 0 atom stereocenters. The van der Waals surface area contributed by atoms with Crippen LogP contribution in [0, 0.1) is 18.3 Å². The maximum Gasteiger partial charge on any atom is 0.272 e. The molecule has 0 spiro atoms. The molecule has 100 valence electrons. The summed E-state index contributed by atoms with van der Waals surface area (Å²) in [5.74, 6) is -0.113. The molecule has 0 saturated heterocycles. The number of nitriles is 1. The largest absolute Gasteiger partial charge is 0.336 e. The van der Waals surface area contributed by atoms with Gasteiger partial charge in [-0.05, 0) is 36.8 Å². The third kappa shape index (κ3) is 3.21. The maximum absolute atomic E-state index is 12.2. The zero-order valence-electron chi connectivity index (χ0n) is 11.5. The molecule has 0 radical (unpaired) electrons. The van der Waals surface area contributed by atoms with Gasteiger partial charge in [0.15, 0.2) is 0 Å². The number of carbonyl (C=O) groups excluding carboxylic acids is 1. The number of benzene rings is 1. The van der Waals surface area contributed by atoms with Gasteiger partial charge in [0.1, 0.15) is 5.69 Å². The van der Waals surface area contributed by atoms with E-state index in [2.05, 4.69) is 11.1 Å². The molecule has 4 heteroatoms. The zero-order valence-corrected chi connectivity index (χ0v) is 11.5. The molecule has 2 rings (SSSR count). The first kappa shape index (κ1) is 13.8. The van der Waals surface area contributed by atoms with Crippen LogP contribution in [0.25, 0.3) is 0 Å². The Morgan fingerprint density at radius 2 is 1.95 bits per heavy atom. The van der Waals surface area contributed by atoms with Crippen LogP contribution in [0.3, 0.4) is 0 Å². The van der Waals surface area contributed by atoms with E-state index in [9.17, 15) is 4.79 Å². The maximum atomic E-state index is 12.2. The van der Waals surface area contributed by atoms with Crippen LogP contribution in [0.1, 0.15) is 27.3 Å². The Labute approximate surface area is 118 Å². The standard InChI is InChI=1S/C16H15N3O/c1-12-4-3-5-15(18-12)16(20)19(2)11-14-8-6-13(10-17)7-9-14/h3-9H,11H2,1-2H3. The third-order valence-corrected chi connectivity index (χ3v) is 2.96. The minimum atomic E-state index is -0.113. The van der Waals surface area contributed by atoms with Gasteiger partial charge in [-0.2, -0.15) is 5.26 Å². The first-order valence-electron chi connectivity index (χ1n) is 6.28. The Balaban J connectivity index is 2.09. The van der Waals surface area contributed by atoms with Gasteiger partial charge in [-0.1, -0.05) is 18.2 Å². The Hall–Kier alpha value is -2.67. The second-order valence-corrected chi connectivity index (χ2v) is 4.63. The van der Waals surface area contributed by atoms with E-state index in [4.69, 9.17) is 5.26 Å². The lowest BCUT2D eigenvalue weighted by atomic mass is 10.1. The number of carbonyl (C=O) groups is 1. The Bertz CT molecular complexity index is 656. The van der Waals surface area contributed by atoms with Crippen LogP contribution in [-0.2, 0) is 6.54 Å². The molecule has 2 aromatic rings. The van der Waals surface area contributed by atoms with Crippen LogP contribution < -0.4 is 0 Å². The number of amides is 1. The third-order valence-electron chi connectivity index (χ3n) is 2.96. The predicted octanol–water partition coefficient (Wildman–Crippen LogP) is 2.53. The lowest BCUT2D eigenvalue weighted by molar-refractivity contribution is 0.0779. The molecule has 1 aromatic heterocycles. The minimum absolute atomic E-state index is 0.113. The lowest BCUT2D eigenvalue weighted by Gasteiger charge is -2.17. The summed E-state index contributed by atoms with van der Waals surface area (Å²) in [5.41, 5.74) is 2.86. The molecule has 0 aliphatic rings. The molecule has 0 fully saturated rings. The van der Waals surface area contributed by atoms with Crippen molar-refractivity contribution < 1.29 is 4.79 Å². The minimum Gasteiger partial charge on any atom is -0.336 e. The number of hydrogen-bond acceptors (Lipinski definition) is 3. The highest BCUT2D eigenvalue weighted by Gasteiger charge is 2.13. The molecule has 1 heterocycles. The first-order valence-corrected chi connectivity index (χ1v) is 6.28. The quantitative estimate of drug-likeness (QED) is 0.857. The summed E-state index contributed by atoms with van der Waals surface area (Å²) in [7, 11) is 1.74. The number of aryl methyl sites for hydroxylation is 1. The smallest absolute Gasteiger partial charge is 0.272 e. The van der Waals surface area contributed by atoms with E-state index in [0.29, 0.717) is 17.8 Å². The molecule has 1 amide bonds. The van der Waals surface area contributed by atoms with Gasteiger partial charge in [0.05, 0.1) is 11.6 Å². The summed E-state index contributed by atoms with van der Waals surface area (Å²) < 4.78 is 0. The molecule has 0 aliphatic heterocycles. The number of hydrogen-bond donors (Lipinski definition) is 0. The van der Waals surface area contributed by atoms with E-state index >= 15 is 0 Å². The van der Waals surface area contributed by atoms with Gasteiger partial charge in [0.25, 0.3) is 5.91 Å². The number of nitrogens with zero attached hydrogens (tertiary/aromatic N) is 3. The Kier molecular flexibility index (Phi) is 4.11. The van der Waals surface area contributed by atoms with E-state index in [-0.39, 0.29) is 5.91 Å². The molecule has 0 bridgehead atoms. The van der Waals surface area contributed by atoms with Crippen molar-refractivity contribution in [2.24, 2.45) is 0 Å². The number of aromatic nitrogens is 1. The molecular formula is C16H15N3O. The van der Waals surface area contributed by atoms with Crippen LogP contribution in [0.5, 0.6) is 0 Å². The molecule has 0 aliphatic carbocycles. The van der Waals surface area contributed by atoms with Crippen molar-refractivity contribution in [3.63, 3.8) is 0 Å². The van der Waals surface area contributed by atoms with Crippen LogP contribution in [0.4, 0.5) is 0 Å². The molecule has 0 N–H and O–H groups in total. The number of rotatable bonds is 3. The fourth-order valence-corrected chi connectivity index (χ4v) is 1.89. The van der Waals surface area contributed by atoms with Gasteiger partial charge in [-0.3, -0.25) is 4.79 Å². The highest BCUT2D eigenvalue weighted by Crippen LogP contribution is 2.09. The van der Waals surface area contributed by atoms with Crippen molar-refractivity contribution in [2.45, 2.75) is 13.5 Å². The molecule has 20 heavy (non-hydrogen) atoms. The van der Waals surface area contributed by atoms with Crippen molar-refractivity contribution in [3.05, 3.63) is 65.0 Å². The average Bonchev–Trinajstić information content (AvgIpc) is 2.47. The van der Waals surface area contributed by atoms with Gasteiger partial charge >= 0.3 is 0 Å².